The Morgan fingerprint density at radius 3 is 2.10 bits per heavy atom. The van der Waals surface area contributed by atoms with Gasteiger partial charge in [0.05, 0.1) is 5.56 Å². The lowest BCUT2D eigenvalue weighted by atomic mass is 9.88. The number of unbranched alkanes of at least 4 members (excludes halogenated alkanes) is 7. The Balaban J connectivity index is 1.84. The molecule has 1 N–H and O–H groups in total. The van der Waals surface area contributed by atoms with E-state index < -0.39 is 5.97 Å². The second kappa shape index (κ2) is 10.8. The van der Waals surface area contributed by atoms with E-state index in [-0.39, 0.29) is 0 Å². The van der Waals surface area contributed by atoms with Gasteiger partial charge >= 0.3 is 5.97 Å². The molecule has 0 saturated heterocycles. The number of aryl methyl sites for hydroxylation is 1. The molecule has 0 saturated carbocycles. The predicted octanol–water partition coefficient (Wildman–Crippen LogP) is 7.89. The predicted molar refractivity (Wildman–Crippen MR) is 123 cm³/mol. The van der Waals surface area contributed by atoms with Crippen LogP contribution in [0.25, 0.3) is 21.9 Å². The number of carboxylic acid groups (broad SMARTS) is 1. The maximum absolute atomic E-state index is 12.3. The summed E-state index contributed by atoms with van der Waals surface area (Å²) in [6.07, 6.45) is 10.8. The largest absolute Gasteiger partial charge is 0.478 e. The third-order valence-corrected chi connectivity index (χ3v) is 5.71. The summed E-state index contributed by atoms with van der Waals surface area (Å²) >= 11 is 0. The summed E-state index contributed by atoms with van der Waals surface area (Å²) in [7, 11) is 0. The van der Waals surface area contributed by atoms with E-state index in [4.69, 9.17) is 0 Å². The smallest absolute Gasteiger partial charge is 0.336 e. The zero-order valence-electron chi connectivity index (χ0n) is 17.5. The van der Waals surface area contributed by atoms with Crippen molar-refractivity contribution in [1.29, 1.82) is 0 Å². The number of carboxylic acids is 1. The molecule has 0 aromatic heterocycles. The van der Waals surface area contributed by atoms with Gasteiger partial charge < -0.3 is 5.11 Å². The van der Waals surface area contributed by atoms with Crippen molar-refractivity contribution in [3.8, 4) is 11.1 Å². The van der Waals surface area contributed by atoms with Crippen LogP contribution in [0.1, 0.15) is 74.2 Å². The van der Waals surface area contributed by atoms with Gasteiger partial charge in [-0.3, -0.25) is 0 Å². The number of benzene rings is 3. The number of carbonyl (C=O) groups is 1. The van der Waals surface area contributed by atoms with E-state index >= 15 is 0 Å². The first kappa shape index (κ1) is 21.1. The van der Waals surface area contributed by atoms with Gasteiger partial charge in [-0.15, -0.1) is 0 Å². The number of hydrogen-bond acceptors (Lipinski definition) is 1. The molecule has 152 valence electrons. The molecule has 0 amide bonds. The van der Waals surface area contributed by atoms with Crippen LogP contribution in [0.4, 0.5) is 0 Å². The molecule has 0 aliphatic rings. The molecular formula is C27H32O2. The lowest BCUT2D eigenvalue weighted by Crippen LogP contribution is -2.06. The van der Waals surface area contributed by atoms with Crippen LogP contribution in [0.5, 0.6) is 0 Å². The molecule has 0 unspecified atom stereocenters. The van der Waals surface area contributed by atoms with Crippen molar-refractivity contribution in [2.45, 2.75) is 64.7 Å². The molecule has 0 atom stereocenters. The number of rotatable bonds is 11. The summed E-state index contributed by atoms with van der Waals surface area (Å²) in [4.78, 5) is 12.3. The Morgan fingerprint density at radius 1 is 0.793 bits per heavy atom. The van der Waals surface area contributed by atoms with Crippen molar-refractivity contribution in [3.05, 3.63) is 71.8 Å². The first-order chi connectivity index (χ1) is 14.2. The van der Waals surface area contributed by atoms with Gasteiger partial charge in [0.2, 0.25) is 0 Å². The minimum absolute atomic E-state index is 0.470. The molecule has 3 aromatic carbocycles. The van der Waals surface area contributed by atoms with E-state index in [0.29, 0.717) is 5.56 Å². The molecule has 2 heteroatoms. The Labute approximate surface area is 174 Å². The van der Waals surface area contributed by atoms with E-state index in [1.807, 2.05) is 48.5 Å². The van der Waals surface area contributed by atoms with Crippen LogP contribution in [0, 0.1) is 0 Å². The van der Waals surface area contributed by atoms with Gasteiger partial charge in [-0.1, -0.05) is 113 Å². The van der Waals surface area contributed by atoms with Crippen LogP contribution in [0.2, 0.25) is 0 Å². The second-order valence-corrected chi connectivity index (χ2v) is 7.90. The van der Waals surface area contributed by atoms with E-state index in [0.717, 1.165) is 40.3 Å². The lowest BCUT2D eigenvalue weighted by Gasteiger charge is -2.16. The fraction of sp³-hybridized carbons (Fsp3) is 0.370. The first-order valence-corrected chi connectivity index (χ1v) is 11.1. The lowest BCUT2D eigenvalue weighted by molar-refractivity contribution is 0.0696. The Bertz CT molecular complexity index is 928. The number of aromatic carboxylic acids is 1. The average Bonchev–Trinajstić information content (AvgIpc) is 2.75. The number of fused-ring (bicyclic) bond motifs is 1. The van der Waals surface area contributed by atoms with Crippen LogP contribution in [0.3, 0.4) is 0 Å². The zero-order chi connectivity index (χ0) is 20.5. The molecule has 0 heterocycles. The second-order valence-electron chi connectivity index (χ2n) is 7.90. The molecule has 29 heavy (non-hydrogen) atoms. The minimum Gasteiger partial charge on any atom is -0.478 e. The van der Waals surface area contributed by atoms with Gasteiger partial charge in [0.1, 0.15) is 0 Å². The van der Waals surface area contributed by atoms with Crippen LogP contribution in [-0.2, 0) is 6.42 Å². The summed E-state index contributed by atoms with van der Waals surface area (Å²) in [5, 5.41) is 12.2. The van der Waals surface area contributed by atoms with Gasteiger partial charge in [-0.2, -0.15) is 0 Å². The highest BCUT2D eigenvalue weighted by molar-refractivity contribution is 6.09. The van der Waals surface area contributed by atoms with Crippen molar-refractivity contribution >= 4 is 16.7 Å². The van der Waals surface area contributed by atoms with Crippen molar-refractivity contribution in [2.75, 3.05) is 0 Å². The molecule has 0 aliphatic carbocycles. The van der Waals surface area contributed by atoms with Crippen LogP contribution >= 0.6 is 0 Å². The van der Waals surface area contributed by atoms with E-state index in [2.05, 4.69) is 19.1 Å². The molecule has 0 radical (unpaired) electrons. The Kier molecular flexibility index (Phi) is 7.86. The number of hydrogen-bond donors (Lipinski definition) is 1. The Morgan fingerprint density at radius 2 is 1.41 bits per heavy atom. The average molecular weight is 389 g/mol. The molecule has 0 bridgehead atoms. The molecule has 3 aromatic rings. The summed E-state index contributed by atoms with van der Waals surface area (Å²) in [5.41, 5.74) is 3.25. The van der Waals surface area contributed by atoms with Crippen LogP contribution in [0.15, 0.2) is 60.7 Å². The van der Waals surface area contributed by atoms with Crippen molar-refractivity contribution in [3.63, 3.8) is 0 Å². The van der Waals surface area contributed by atoms with Gasteiger partial charge in [0, 0.05) is 5.56 Å². The molecule has 2 nitrogen and oxygen atoms in total. The highest BCUT2D eigenvalue weighted by Gasteiger charge is 2.20. The summed E-state index contributed by atoms with van der Waals surface area (Å²) < 4.78 is 0. The third-order valence-electron chi connectivity index (χ3n) is 5.71. The normalized spacial score (nSPS) is 11.1. The van der Waals surface area contributed by atoms with Crippen molar-refractivity contribution in [1.82, 2.24) is 0 Å². The maximum Gasteiger partial charge on any atom is 0.336 e. The van der Waals surface area contributed by atoms with Gasteiger partial charge in [-0.25, -0.2) is 4.79 Å². The third kappa shape index (κ3) is 5.47. The van der Waals surface area contributed by atoms with Gasteiger partial charge in [-0.05, 0) is 34.7 Å². The first-order valence-electron chi connectivity index (χ1n) is 11.1. The fourth-order valence-electron chi connectivity index (χ4n) is 4.20. The van der Waals surface area contributed by atoms with Gasteiger partial charge in [0.15, 0.2) is 0 Å². The summed E-state index contributed by atoms with van der Waals surface area (Å²) in [6.45, 7) is 2.24. The van der Waals surface area contributed by atoms with Crippen LogP contribution < -0.4 is 0 Å². The zero-order valence-corrected chi connectivity index (χ0v) is 17.5. The Hall–Kier alpha value is -2.61. The fourth-order valence-corrected chi connectivity index (χ4v) is 4.20. The monoisotopic (exact) mass is 388 g/mol. The van der Waals surface area contributed by atoms with Crippen molar-refractivity contribution in [2.24, 2.45) is 0 Å². The summed E-state index contributed by atoms with van der Waals surface area (Å²) in [5.74, 6) is -0.829. The topological polar surface area (TPSA) is 37.3 Å². The molecule has 0 aliphatic heterocycles. The standard InChI is InChI=1S/C27H32O2/c1-2-3-4-5-6-7-8-10-18-23-20-22-17-13-14-19-24(22)25(26(23)27(28)29)21-15-11-9-12-16-21/h9,11-17,19-20H,2-8,10,18H2,1H3,(H,28,29). The quantitative estimate of drug-likeness (QED) is 0.339. The van der Waals surface area contributed by atoms with E-state index in [1.54, 1.807) is 0 Å². The van der Waals surface area contributed by atoms with Gasteiger partial charge in [0.25, 0.3) is 0 Å². The molecule has 0 fully saturated rings. The summed E-state index contributed by atoms with van der Waals surface area (Å²) in [6, 6.07) is 20.2. The SMILES string of the molecule is CCCCCCCCCCc1cc2ccccc2c(-c2ccccc2)c1C(=O)O. The maximum atomic E-state index is 12.3. The van der Waals surface area contributed by atoms with E-state index in [9.17, 15) is 9.90 Å². The minimum atomic E-state index is -0.829. The molecular weight excluding hydrogens is 356 g/mol. The highest BCUT2D eigenvalue weighted by Crippen LogP contribution is 2.35. The van der Waals surface area contributed by atoms with E-state index in [1.165, 1.54) is 44.9 Å². The molecule has 0 spiro atoms. The van der Waals surface area contributed by atoms with Crippen molar-refractivity contribution < 1.29 is 9.90 Å². The highest BCUT2D eigenvalue weighted by atomic mass is 16.4. The molecule has 3 rings (SSSR count). The van der Waals surface area contributed by atoms with Crippen LogP contribution in [-0.4, -0.2) is 11.1 Å².